The van der Waals surface area contributed by atoms with Crippen molar-refractivity contribution in [2.45, 2.75) is 13.0 Å². The van der Waals surface area contributed by atoms with Crippen molar-refractivity contribution in [3.05, 3.63) is 52.3 Å². The number of ether oxygens (including phenoxy) is 2. The van der Waals surface area contributed by atoms with E-state index < -0.39 is 5.82 Å². The summed E-state index contributed by atoms with van der Waals surface area (Å²) < 4.78 is 30.2. The van der Waals surface area contributed by atoms with E-state index in [9.17, 15) is 9.18 Å². The second kappa shape index (κ2) is 6.79. The van der Waals surface area contributed by atoms with Gasteiger partial charge in [0.1, 0.15) is 6.54 Å². The molecule has 0 saturated carbocycles. The molecule has 7 nitrogen and oxygen atoms in total. The first-order valence-electron chi connectivity index (χ1n) is 7.29. The highest BCUT2D eigenvalue weighted by Gasteiger charge is 2.12. The molecule has 2 heterocycles. The van der Waals surface area contributed by atoms with Crippen LogP contribution in [-0.2, 0) is 17.7 Å². The Bertz CT molecular complexity index is 919. The van der Waals surface area contributed by atoms with Crippen molar-refractivity contribution in [3.8, 4) is 5.75 Å². The minimum atomic E-state index is -0.584. The van der Waals surface area contributed by atoms with Gasteiger partial charge >= 0.3 is 0 Å². The first-order chi connectivity index (χ1) is 11.6. The Morgan fingerprint density at radius 2 is 2.17 bits per heavy atom. The van der Waals surface area contributed by atoms with Crippen molar-refractivity contribution in [2.75, 3.05) is 20.8 Å². The summed E-state index contributed by atoms with van der Waals surface area (Å²) in [6, 6.07) is 4.37. The maximum atomic E-state index is 13.9. The molecule has 0 bridgehead atoms. The van der Waals surface area contributed by atoms with Gasteiger partial charge in [-0.3, -0.25) is 4.79 Å². The molecule has 0 spiro atoms. The van der Waals surface area contributed by atoms with E-state index in [0.717, 1.165) is 0 Å². The molecule has 0 amide bonds. The molecule has 0 aliphatic heterocycles. The summed E-state index contributed by atoms with van der Waals surface area (Å²) in [6.07, 6.45) is 2.12. The Morgan fingerprint density at radius 3 is 2.92 bits per heavy atom. The molecular formula is C16H16FN3O4. The summed E-state index contributed by atoms with van der Waals surface area (Å²) in [7, 11) is 2.96. The third-order valence-electron chi connectivity index (χ3n) is 3.59. The largest absolute Gasteiger partial charge is 0.494 e. The molecule has 0 aliphatic rings. The lowest BCUT2D eigenvalue weighted by Crippen LogP contribution is -2.20. The van der Waals surface area contributed by atoms with Crippen LogP contribution in [0, 0.1) is 5.82 Å². The Kier molecular flexibility index (Phi) is 4.57. The molecule has 0 unspecified atom stereocenters. The summed E-state index contributed by atoms with van der Waals surface area (Å²) in [4.78, 5) is 16.7. The summed E-state index contributed by atoms with van der Waals surface area (Å²) >= 11 is 0. The lowest BCUT2D eigenvalue weighted by Gasteiger charge is -2.07. The van der Waals surface area contributed by atoms with Crippen LogP contribution in [0.2, 0.25) is 0 Å². The SMILES string of the molecule is COCCc1noc(Cn2ccc3cc(OC)c(F)cc3c2=O)n1. The van der Waals surface area contributed by atoms with Crippen molar-refractivity contribution in [1.29, 1.82) is 0 Å². The van der Waals surface area contributed by atoms with E-state index in [4.69, 9.17) is 14.0 Å². The van der Waals surface area contributed by atoms with Gasteiger partial charge in [0, 0.05) is 19.7 Å². The highest BCUT2D eigenvalue weighted by Crippen LogP contribution is 2.22. The Morgan fingerprint density at radius 1 is 1.33 bits per heavy atom. The Hall–Kier alpha value is -2.74. The minimum Gasteiger partial charge on any atom is -0.494 e. The molecule has 3 rings (SSSR count). The molecule has 8 heteroatoms. The van der Waals surface area contributed by atoms with Crippen LogP contribution in [0.1, 0.15) is 11.7 Å². The highest BCUT2D eigenvalue weighted by molar-refractivity contribution is 5.83. The smallest absolute Gasteiger partial charge is 0.259 e. The fraction of sp³-hybridized carbons (Fsp3) is 0.312. The van der Waals surface area contributed by atoms with Crippen LogP contribution in [0.15, 0.2) is 33.7 Å². The number of nitrogens with zero attached hydrogens (tertiary/aromatic N) is 3. The average molecular weight is 333 g/mol. The Labute approximate surface area is 136 Å². The van der Waals surface area contributed by atoms with E-state index in [-0.39, 0.29) is 23.2 Å². The summed E-state index contributed by atoms with van der Waals surface area (Å²) in [5.74, 6) is 0.326. The van der Waals surface area contributed by atoms with Gasteiger partial charge in [-0.2, -0.15) is 4.98 Å². The van der Waals surface area contributed by atoms with Crippen LogP contribution in [0.25, 0.3) is 10.8 Å². The van der Waals surface area contributed by atoms with Crippen molar-refractivity contribution in [2.24, 2.45) is 0 Å². The van der Waals surface area contributed by atoms with Crippen LogP contribution < -0.4 is 10.3 Å². The number of aromatic nitrogens is 3. The van der Waals surface area contributed by atoms with E-state index in [1.54, 1.807) is 19.4 Å². The molecule has 126 valence electrons. The number of pyridine rings is 1. The maximum absolute atomic E-state index is 13.9. The predicted molar refractivity (Wildman–Crippen MR) is 83.7 cm³/mol. The van der Waals surface area contributed by atoms with Crippen LogP contribution in [0.5, 0.6) is 5.75 Å². The van der Waals surface area contributed by atoms with Crippen molar-refractivity contribution in [3.63, 3.8) is 0 Å². The molecular weight excluding hydrogens is 317 g/mol. The number of methoxy groups -OCH3 is 2. The van der Waals surface area contributed by atoms with Crippen LogP contribution in [0.3, 0.4) is 0 Å². The van der Waals surface area contributed by atoms with Crippen molar-refractivity contribution in [1.82, 2.24) is 14.7 Å². The van der Waals surface area contributed by atoms with Crippen LogP contribution in [0.4, 0.5) is 4.39 Å². The monoisotopic (exact) mass is 333 g/mol. The fourth-order valence-electron chi connectivity index (χ4n) is 2.36. The van der Waals surface area contributed by atoms with E-state index in [1.807, 2.05) is 0 Å². The van der Waals surface area contributed by atoms with Gasteiger partial charge in [-0.1, -0.05) is 5.16 Å². The molecule has 0 aliphatic carbocycles. The van der Waals surface area contributed by atoms with E-state index >= 15 is 0 Å². The zero-order chi connectivity index (χ0) is 17.1. The predicted octanol–water partition coefficient (Wildman–Crippen LogP) is 1.77. The van der Waals surface area contributed by atoms with Gasteiger partial charge in [-0.15, -0.1) is 0 Å². The van der Waals surface area contributed by atoms with Gasteiger partial charge in [0.25, 0.3) is 5.56 Å². The molecule has 0 radical (unpaired) electrons. The van der Waals surface area contributed by atoms with Crippen LogP contribution >= 0.6 is 0 Å². The van der Waals surface area contributed by atoms with Crippen molar-refractivity contribution < 1.29 is 18.4 Å². The highest BCUT2D eigenvalue weighted by atomic mass is 19.1. The molecule has 0 atom stereocenters. The number of rotatable bonds is 6. The van der Waals surface area contributed by atoms with E-state index in [1.165, 1.54) is 23.8 Å². The van der Waals surface area contributed by atoms with Crippen LogP contribution in [-0.4, -0.2) is 35.5 Å². The summed E-state index contributed by atoms with van der Waals surface area (Å²) in [5, 5.41) is 4.68. The van der Waals surface area contributed by atoms with Gasteiger partial charge in [0.05, 0.1) is 19.1 Å². The maximum Gasteiger partial charge on any atom is 0.259 e. The number of benzene rings is 1. The Balaban J connectivity index is 1.91. The second-order valence-corrected chi connectivity index (χ2v) is 5.17. The lowest BCUT2D eigenvalue weighted by atomic mass is 10.1. The number of hydrogen-bond acceptors (Lipinski definition) is 6. The normalized spacial score (nSPS) is 11.1. The molecule has 0 N–H and O–H groups in total. The lowest BCUT2D eigenvalue weighted by molar-refractivity contribution is 0.199. The van der Waals surface area contributed by atoms with Gasteiger partial charge in [0.15, 0.2) is 17.4 Å². The first kappa shape index (κ1) is 16.1. The number of fused-ring (bicyclic) bond motifs is 1. The van der Waals surface area contributed by atoms with E-state index in [2.05, 4.69) is 10.1 Å². The minimum absolute atomic E-state index is 0.0966. The summed E-state index contributed by atoms with van der Waals surface area (Å²) in [5.41, 5.74) is -0.342. The van der Waals surface area contributed by atoms with E-state index in [0.29, 0.717) is 30.1 Å². The molecule has 2 aromatic heterocycles. The van der Waals surface area contributed by atoms with Gasteiger partial charge < -0.3 is 18.6 Å². The van der Waals surface area contributed by atoms with Gasteiger partial charge in [0.2, 0.25) is 5.89 Å². The molecule has 3 aromatic rings. The topological polar surface area (TPSA) is 79.4 Å². The quantitative estimate of drug-likeness (QED) is 0.684. The molecule has 0 saturated heterocycles. The molecule has 0 fully saturated rings. The standard InChI is InChI=1S/C16H16FN3O4/c1-22-6-4-14-18-15(24-19-14)9-20-5-3-10-7-13(23-2)12(17)8-11(10)16(20)21/h3,5,7-8H,4,6,9H2,1-2H3. The van der Waals surface area contributed by atoms with Gasteiger partial charge in [-0.05, 0) is 23.6 Å². The third kappa shape index (κ3) is 3.13. The zero-order valence-electron chi connectivity index (χ0n) is 13.3. The zero-order valence-corrected chi connectivity index (χ0v) is 13.3. The number of halogens is 1. The van der Waals surface area contributed by atoms with Gasteiger partial charge in [-0.25, -0.2) is 4.39 Å². The molecule has 1 aromatic carbocycles. The third-order valence-corrected chi connectivity index (χ3v) is 3.59. The second-order valence-electron chi connectivity index (χ2n) is 5.17. The summed E-state index contributed by atoms with van der Waals surface area (Å²) in [6.45, 7) is 0.596. The molecule has 24 heavy (non-hydrogen) atoms. The fourth-order valence-corrected chi connectivity index (χ4v) is 2.36. The average Bonchev–Trinajstić information content (AvgIpc) is 3.03. The number of hydrogen-bond donors (Lipinski definition) is 0. The first-order valence-corrected chi connectivity index (χ1v) is 7.29. The van der Waals surface area contributed by atoms with Crippen molar-refractivity contribution >= 4 is 10.8 Å².